The normalized spacial score (nSPS) is 16.9. The van der Waals surface area contributed by atoms with Crippen molar-refractivity contribution >= 4 is 27.3 Å². The van der Waals surface area contributed by atoms with Crippen LogP contribution in [-0.4, -0.2) is 49.0 Å². The van der Waals surface area contributed by atoms with Crippen molar-refractivity contribution in [2.45, 2.75) is 18.9 Å². The average molecular weight is 365 g/mol. The van der Waals surface area contributed by atoms with Gasteiger partial charge in [0.15, 0.2) is 0 Å². The molecule has 0 aliphatic carbocycles. The Morgan fingerprint density at radius 3 is 2.54 bits per heavy atom. The molecule has 2 aromatic rings. The minimum absolute atomic E-state index is 0.0163. The van der Waals surface area contributed by atoms with Gasteiger partial charge in [0.1, 0.15) is 10.7 Å². The summed E-state index contributed by atoms with van der Waals surface area (Å²) in [6.07, 6.45) is 2.45. The first-order chi connectivity index (χ1) is 11.4. The number of aromatic nitrogens is 1. The third-order valence-electron chi connectivity index (χ3n) is 4.02. The van der Waals surface area contributed by atoms with Gasteiger partial charge in [-0.1, -0.05) is 30.3 Å². The number of piperidine rings is 1. The first kappa shape index (κ1) is 17.1. The summed E-state index contributed by atoms with van der Waals surface area (Å²) in [4.78, 5) is 16.7. The molecule has 2 heterocycles. The number of sulfonamides is 1. The number of carbonyl (C=O) groups is 1. The summed E-state index contributed by atoms with van der Waals surface area (Å²) in [6, 6.07) is 9.71. The molecule has 1 aliphatic heterocycles. The van der Waals surface area contributed by atoms with Crippen LogP contribution >= 0.6 is 11.3 Å². The molecule has 0 unspecified atom stereocenters. The van der Waals surface area contributed by atoms with Gasteiger partial charge in [0.25, 0.3) is 5.91 Å². The van der Waals surface area contributed by atoms with Gasteiger partial charge in [-0.25, -0.2) is 17.7 Å². The number of thiazole rings is 1. The van der Waals surface area contributed by atoms with Gasteiger partial charge in [-0.15, -0.1) is 11.3 Å². The molecule has 24 heavy (non-hydrogen) atoms. The summed E-state index contributed by atoms with van der Waals surface area (Å²) in [5.74, 6) is -0.203. The topological polar surface area (TPSA) is 79.4 Å². The molecule has 1 aromatic heterocycles. The second-order valence-corrected chi connectivity index (χ2v) is 8.65. The lowest BCUT2D eigenvalue weighted by Gasteiger charge is -2.30. The fraction of sp³-hybridized carbons (Fsp3) is 0.375. The van der Waals surface area contributed by atoms with E-state index in [2.05, 4.69) is 10.3 Å². The third kappa shape index (κ3) is 4.00. The molecule has 3 rings (SSSR count). The molecular weight excluding hydrogens is 346 g/mol. The van der Waals surface area contributed by atoms with Crippen LogP contribution in [-0.2, 0) is 10.0 Å². The number of nitrogens with one attached hydrogen (secondary N) is 1. The second-order valence-electron chi connectivity index (χ2n) is 5.81. The van der Waals surface area contributed by atoms with Crippen molar-refractivity contribution in [1.82, 2.24) is 14.6 Å². The lowest BCUT2D eigenvalue weighted by atomic mass is 10.1. The predicted octanol–water partition coefficient (Wildman–Crippen LogP) is 1.96. The molecule has 0 spiro atoms. The third-order valence-corrected chi connectivity index (χ3v) is 6.21. The first-order valence-electron chi connectivity index (χ1n) is 7.70. The number of carbonyl (C=O) groups excluding carboxylic acids is 1. The van der Waals surface area contributed by atoms with Crippen LogP contribution in [0.2, 0.25) is 0 Å². The van der Waals surface area contributed by atoms with Gasteiger partial charge in [0.05, 0.1) is 6.26 Å². The average Bonchev–Trinajstić information content (AvgIpc) is 3.05. The number of benzene rings is 1. The monoisotopic (exact) mass is 365 g/mol. The summed E-state index contributed by atoms with van der Waals surface area (Å²) in [7, 11) is -3.15. The van der Waals surface area contributed by atoms with Crippen molar-refractivity contribution in [3.05, 3.63) is 41.4 Å². The number of amides is 1. The van der Waals surface area contributed by atoms with Crippen molar-refractivity contribution in [2.75, 3.05) is 19.3 Å². The van der Waals surface area contributed by atoms with Crippen molar-refractivity contribution in [3.63, 3.8) is 0 Å². The molecule has 1 fully saturated rings. The van der Waals surface area contributed by atoms with Crippen LogP contribution in [0.3, 0.4) is 0 Å². The summed E-state index contributed by atoms with van der Waals surface area (Å²) in [5.41, 5.74) is 1.40. The molecule has 8 heteroatoms. The van der Waals surface area contributed by atoms with Crippen LogP contribution in [0.5, 0.6) is 0 Å². The minimum Gasteiger partial charge on any atom is -0.348 e. The van der Waals surface area contributed by atoms with Crippen LogP contribution in [0.25, 0.3) is 10.6 Å². The van der Waals surface area contributed by atoms with Crippen LogP contribution in [0.15, 0.2) is 35.7 Å². The van der Waals surface area contributed by atoms with Crippen LogP contribution < -0.4 is 5.32 Å². The smallest absolute Gasteiger partial charge is 0.270 e. The van der Waals surface area contributed by atoms with E-state index in [1.807, 2.05) is 30.3 Å². The van der Waals surface area contributed by atoms with Gasteiger partial charge in [0.2, 0.25) is 10.0 Å². The predicted molar refractivity (Wildman–Crippen MR) is 94.5 cm³/mol. The second kappa shape index (κ2) is 7.00. The zero-order valence-electron chi connectivity index (χ0n) is 13.3. The SMILES string of the molecule is CS(=O)(=O)N1CCC(NC(=O)c2csc(-c3ccccc3)n2)CC1. The fourth-order valence-electron chi connectivity index (χ4n) is 2.68. The Bertz CT molecular complexity index is 810. The highest BCUT2D eigenvalue weighted by atomic mass is 32.2. The Balaban J connectivity index is 1.60. The standard InChI is InChI=1S/C16H19N3O3S2/c1-24(21,22)19-9-7-13(8-10-19)17-15(20)14-11-23-16(18-14)12-5-3-2-4-6-12/h2-6,11,13H,7-10H2,1H3,(H,17,20). The molecule has 1 saturated heterocycles. The highest BCUT2D eigenvalue weighted by Crippen LogP contribution is 2.23. The molecule has 1 aliphatic rings. The fourth-order valence-corrected chi connectivity index (χ4v) is 4.36. The van der Waals surface area contributed by atoms with Gasteiger partial charge in [-0.2, -0.15) is 0 Å². The van der Waals surface area contributed by atoms with E-state index in [0.717, 1.165) is 10.6 Å². The van der Waals surface area contributed by atoms with Crippen LogP contribution in [0.4, 0.5) is 0 Å². The van der Waals surface area contributed by atoms with Crippen molar-refractivity contribution in [1.29, 1.82) is 0 Å². The minimum atomic E-state index is -3.15. The highest BCUT2D eigenvalue weighted by molar-refractivity contribution is 7.88. The summed E-state index contributed by atoms with van der Waals surface area (Å²) < 4.78 is 24.5. The van der Waals surface area contributed by atoms with E-state index in [1.165, 1.54) is 21.9 Å². The van der Waals surface area contributed by atoms with Crippen molar-refractivity contribution in [3.8, 4) is 10.6 Å². The van der Waals surface area contributed by atoms with Crippen LogP contribution in [0.1, 0.15) is 23.3 Å². The van der Waals surface area contributed by atoms with Crippen molar-refractivity contribution in [2.24, 2.45) is 0 Å². The van der Waals surface area contributed by atoms with Gasteiger partial charge in [-0.05, 0) is 12.8 Å². The van der Waals surface area contributed by atoms with Gasteiger partial charge in [-0.3, -0.25) is 4.79 Å². The Labute approximate surface area is 145 Å². The van der Waals surface area contributed by atoms with Gasteiger partial charge >= 0.3 is 0 Å². The van der Waals surface area contributed by atoms with Crippen LogP contribution in [0, 0.1) is 0 Å². The maximum atomic E-state index is 12.3. The number of hydrogen-bond acceptors (Lipinski definition) is 5. The van der Waals surface area contributed by atoms with E-state index in [4.69, 9.17) is 0 Å². The largest absolute Gasteiger partial charge is 0.348 e. The van der Waals surface area contributed by atoms with E-state index in [9.17, 15) is 13.2 Å². The van der Waals surface area contributed by atoms with E-state index in [1.54, 1.807) is 5.38 Å². The molecule has 0 atom stereocenters. The molecule has 128 valence electrons. The summed E-state index contributed by atoms with van der Waals surface area (Å²) >= 11 is 1.44. The van der Waals surface area contributed by atoms with Gasteiger partial charge in [0, 0.05) is 30.1 Å². The molecule has 1 N–H and O–H groups in total. The quantitative estimate of drug-likeness (QED) is 0.898. The molecule has 0 saturated carbocycles. The molecule has 6 nitrogen and oxygen atoms in total. The Kier molecular flexibility index (Phi) is 4.98. The van der Waals surface area contributed by atoms with E-state index >= 15 is 0 Å². The Morgan fingerprint density at radius 1 is 1.25 bits per heavy atom. The maximum Gasteiger partial charge on any atom is 0.270 e. The van der Waals surface area contributed by atoms with Crippen molar-refractivity contribution < 1.29 is 13.2 Å². The molecule has 0 bridgehead atoms. The molecule has 0 radical (unpaired) electrons. The first-order valence-corrected chi connectivity index (χ1v) is 10.4. The summed E-state index contributed by atoms with van der Waals surface area (Å²) in [6.45, 7) is 0.881. The zero-order chi connectivity index (χ0) is 17.2. The van der Waals surface area contributed by atoms with E-state index in [-0.39, 0.29) is 11.9 Å². The zero-order valence-corrected chi connectivity index (χ0v) is 14.9. The van der Waals surface area contributed by atoms with E-state index < -0.39 is 10.0 Å². The number of hydrogen-bond donors (Lipinski definition) is 1. The lowest BCUT2D eigenvalue weighted by Crippen LogP contribution is -2.46. The Morgan fingerprint density at radius 2 is 1.92 bits per heavy atom. The van der Waals surface area contributed by atoms with Gasteiger partial charge < -0.3 is 5.32 Å². The summed E-state index contributed by atoms with van der Waals surface area (Å²) in [5, 5.41) is 5.52. The molecule has 1 amide bonds. The number of nitrogens with zero attached hydrogens (tertiary/aromatic N) is 2. The lowest BCUT2D eigenvalue weighted by molar-refractivity contribution is 0.0919. The highest BCUT2D eigenvalue weighted by Gasteiger charge is 2.26. The Hall–Kier alpha value is -1.77. The number of rotatable bonds is 4. The van der Waals surface area contributed by atoms with E-state index in [0.29, 0.717) is 31.6 Å². The maximum absolute atomic E-state index is 12.3. The molecular formula is C16H19N3O3S2. The molecule has 1 aromatic carbocycles.